The number of anilines is 1. The van der Waals surface area contributed by atoms with E-state index in [1.165, 1.54) is 17.0 Å². The van der Waals surface area contributed by atoms with Crippen LogP contribution in [0.2, 0.25) is 0 Å². The first-order chi connectivity index (χ1) is 9.26. The second-order valence-electron chi connectivity index (χ2n) is 3.72. The van der Waals surface area contributed by atoms with Crippen molar-refractivity contribution in [3.8, 4) is 23.6 Å². The zero-order valence-electron chi connectivity index (χ0n) is 9.53. The molecule has 0 amide bonds. The average molecular weight is 250 g/mol. The van der Waals surface area contributed by atoms with E-state index in [4.69, 9.17) is 15.4 Å². The predicted molar refractivity (Wildman–Crippen MR) is 64.5 cm³/mol. The summed E-state index contributed by atoms with van der Waals surface area (Å²) in [5.41, 5.74) is 6.93. The third-order valence-corrected chi connectivity index (χ3v) is 2.67. The van der Waals surface area contributed by atoms with E-state index in [2.05, 4.69) is 10.1 Å². The van der Waals surface area contributed by atoms with E-state index in [-0.39, 0.29) is 16.9 Å². The Kier molecular flexibility index (Phi) is 2.20. The lowest BCUT2D eigenvalue weighted by molar-refractivity contribution is 0.580. The molecule has 0 saturated carbocycles. The number of nitrogens with zero attached hydrogens (tertiary/aromatic N) is 5. The minimum atomic E-state index is 0.125. The molecule has 0 fully saturated rings. The molecule has 0 aromatic carbocycles. The van der Waals surface area contributed by atoms with Crippen LogP contribution in [0, 0.1) is 22.7 Å². The average Bonchev–Trinajstić information content (AvgIpc) is 3.07. The largest absolute Gasteiger partial charge is 0.463 e. The van der Waals surface area contributed by atoms with Gasteiger partial charge in [0.25, 0.3) is 0 Å². The molecule has 3 heterocycles. The molecule has 0 radical (unpaired) electrons. The van der Waals surface area contributed by atoms with Crippen LogP contribution in [0.5, 0.6) is 0 Å². The minimum Gasteiger partial charge on any atom is -0.463 e. The minimum absolute atomic E-state index is 0.125. The fourth-order valence-corrected chi connectivity index (χ4v) is 1.80. The lowest BCUT2D eigenvalue weighted by atomic mass is 10.2. The predicted octanol–water partition coefficient (Wildman–Crippen LogP) is 1.31. The highest BCUT2D eigenvalue weighted by atomic mass is 16.3. The van der Waals surface area contributed by atoms with Crippen molar-refractivity contribution in [2.24, 2.45) is 0 Å². The van der Waals surface area contributed by atoms with Crippen LogP contribution in [-0.4, -0.2) is 14.6 Å². The van der Waals surface area contributed by atoms with Crippen molar-refractivity contribution >= 4 is 11.5 Å². The number of hydrogen-bond acceptors (Lipinski definition) is 6. The summed E-state index contributed by atoms with van der Waals surface area (Å²) in [6, 6.07) is 7.30. The van der Waals surface area contributed by atoms with Crippen LogP contribution in [0.3, 0.4) is 0 Å². The topological polar surface area (TPSA) is 117 Å². The van der Waals surface area contributed by atoms with Gasteiger partial charge in [0.2, 0.25) is 0 Å². The van der Waals surface area contributed by atoms with Gasteiger partial charge in [-0.15, -0.1) is 0 Å². The normalized spacial score (nSPS) is 10.2. The van der Waals surface area contributed by atoms with Crippen molar-refractivity contribution in [1.29, 1.82) is 10.5 Å². The number of rotatable bonds is 1. The maximum absolute atomic E-state index is 9.20. The second-order valence-corrected chi connectivity index (χ2v) is 3.72. The Morgan fingerprint density at radius 1 is 1.32 bits per heavy atom. The summed E-state index contributed by atoms with van der Waals surface area (Å²) >= 11 is 0. The summed E-state index contributed by atoms with van der Waals surface area (Å²) in [4.78, 5) is 4.26. The molecule has 2 N–H and O–H groups in total. The third kappa shape index (κ3) is 1.43. The standard InChI is InChI=1S/C12H6N6O/c13-4-7-6-16-18-11(15)8(5-14)10(17-12(7)18)9-2-1-3-19-9/h1-3,6H,15H2. The lowest BCUT2D eigenvalue weighted by Gasteiger charge is -2.05. The molecule has 3 rings (SSSR count). The Morgan fingerprint density at radius 3 is 2.79 bits per heavy atom. The van der Waals surface area contributed by atoms with Crippen LogP contribution >= 0.6 is 0 Å². The first-order valence-electron chi connectivity index (χ1n) is 5.27. The SMILES string of the molecule is N#Cc1c(-c2ccco2)nc2c(C#N)cnn2c1N. The first kappa shape index (κ1) is 10.8. The van der Waals surface area contributed by atoms with Crippen molar-refractivity contribution in [3.63, 3.8) is 0 Å². The summed E-state index contributed by atoms with van der Waals surface area (Å²) in [6.45, 7) is 0. The van der Waals surface area contributed by atoms with Crippen LogP contribution in [-0.2, 0) is 0 Å². The maximum atomic E-state index is 9.20. The van der Waals surface area contributed by atoms with Gasteiger partial charge in [0.1, 0.15) is 34.8 Å². The molecule has 0 aliphatic heterocycles. The van der Waals surface area contributed by atoms with Crippen molar-refractivity contribution in [2.75, 3.05) is 5.73 Å². The molecule has 0 saturated heterocycles. The van der Waals surface area contributed by atoms with Crippen molar-refractivity contribution in [1.82, 2.24) is 14.6 Å². The number of hydrogen-bond donors (Lipinski definition) is 1. The fraction of sp³-hybridized carbons (Fsp3) is 0. The van der Waals surface area contributed by atoms with E-state index in [1.807, 2.05) is 12.1 Å². The molecule has 0 unspecified atom stereocenters. The molecule has 0 aliphatic carbocycles. The highest BCUT2D eigenvalue weighted by molar-refractivity contribution is 5.73. The van der Waals surface area contributed by atoms with Gasteiger partial charge in [-0.2, -0.15) is 20.1 Å². The number of aromatic nitrogens is 3. The van der Waals surface area contributed by atoms with Gasteiger partial charge < -0.3 is 10.2 Å². The Labute approximate surface area is 107 Å². The van der Waals surface area contributed by atoms with E-state index in [1.54, 1.807) is 12.1 Å². The molecule has 0 spiro atoms. The molecular weight excluding hydrogens is 244 g/mol. The molecule has 7 nitrogen and oxygen atoms in total. The van der Waals surface area contributed by atoms with Crippen molar-refractivity contribution in [2.45, 2.75) is 0 Å². The van der Waals surface area contributed by atoms with E-state index in [0.717, 1.165) is 0 Å². The molecular formula is C12H6N6O. The monoisotopic (exact) mass is 250 g/mol. The molecule has 7 heteroatoms. The number of furan rings is 1. The Balaban J connectivity index is 2.45. The Hall–Kier alpha value is -3.32. The molecule has 90 valence electrons. The fourth-order valence-electron chi connectivity index (χ4n) is 1.80. The summed E-state index contributed by atoms with van der Waals surface area (Å²) in [5, 5.41) is 22.1. The van der Waals surface area contributed by atoms with Crippen LogP contribution in [0.25, 0.3) is 17.1 Å². The van der Waals surface area contributed by atoms with E-state index in [0.29, 0.717) is 17.1 Å². The van der Waals surface area contributed by atoms with Crippen molar-refractivity contribution in [3.05, 3.63) is 35.7 Å². The smallest absolute Gasteiger partial charge is 0.176 e. The Morgan fingerprint density at radius 2 is 2.16 bits per heavy atom. The molecule has 0 aliphatic rings. The molecule has 19 heavy (non-hydrogen) atoms. The van der Waals surface area contributed by atoms with Gasteiger partial charge in [-0.1, -0.05) is 0 Å². The van der Waals surface area contributed by atoms with Gasteiger partial charge in [0.15, 0.2) is 11.4 Å². The van der Waals surface area contributed by atoms with Crippen LogP contribution in [0.4, 0.5) is 5.82 Å². The molecule has 3 aromatic heterocycles. The maximum Gasteiger partial charge on any atom is 0.176 e. The van der Waals surface area contributed by atoms with Crippen molar-refractivity contribution < 1.29 is 4.42 Å². The number of fused-ring (bicyclic) bond motifs is 1. The third-order valence-electron chi connectivity index (χ3n) is 2.67. The van der Waals surface area contributed by atoms with Gasteiger partial charge in [-0.25, -0.2) is 4.98 Å². The van der Waals surface area contributed by atoms with E-state index >= 15 is 0 Å². The second kappa shape index (κ2) is 3.86. The summed E-state index contributed by atoms with van der Waals surface area (Å²) in [5.74, 6) is 0.538. The van der Waals surface area contributed by atoms with Gasteiger partial charge in [0.05, 0.1) is 12.5 Å². The summed E-state index contributed by atoms with van der Waals surface area (Å²) < 4.78 is 6.50. The van der Waals surface area contributed by atoms with Gasteiger partial charge in [0, 0.05) is 0 Å². The van der Waals surface area contributed by atoms with Gasteiger partial charge in [-0.05, 0) is 12.1 Å². The number of nitriles is 2. The summed E-state index contributed by atoms with van der Waals surface area (Å²) in [7, 11) is 0. The van der Waals surface area contributed by atoms with Gasteiger partial charge >= 0.3 is 0 Å². The van der Waals surface area contributed by atoms with Gasteiger partial charge in [-0.3, -0.25) is 0 Å². The highest BCUT2D eigenvalue weighted by Crippen LogP contribution is 2.27. The van der Waals surface area contributed by atoms with Crippen LogP contribution in [0.1, 0.15) is 11.1 Å². The lowest BCUT2D eigenvalue weighted by Crippen LogP contribution is -2.06. The molecule has 0 atom stereocenters. The first-order valence-corrected chi connectivity index (χ1v) is 5.27. The van der Waals surface area contributed by atoms with Crippen LogP contribution < -0.4 is 5.73 Å². The van der Waals surface area contributed by atoms with Crippen LogP contribution in [0.15, 0.2) is 29.0 Å². The zero-order valence-corrected chi connectivity index (χ0v) is 9.53. The quantitative estimate of drug-likeness (QED) is 0.695. The number of nitrogen functional groups attached to an aromatic ring is 1. The zero-order chi connectivity index (χ0) is 13.4. The Bertz CT molecular complexity index is 847. The van der Waals surface area contributed by atoms with E-state index < -0.39 is 0 Å². The number of nitrogens with two attached hydrogens (primary N) is 1. The van der Waals surface area contributed by atoms with E-state index in [9.17, 15) is 5.26 Å². The molecule has 3 aromatic rings. The highest BCUT2D eigenvalue weighted by Gasteiger charge is 2.19. The molecule has 0 bridgehead atoms. The summed E-state index contributed by atoms with van der Waals surface area (Å²) in [6.07, 6.45) is 2.83.